The molecular formula is C7H12ClNO3. The number of amides is 1. The van der Waals surface area contributed by atoms with Crippen molar-refractivity contribution < 1.29 is 14.3 Å². The average Bonchev–Trinajstić information content (AvgIpc) is 2.12. The minimum absolute atomic E-state index is 0.145. The molecule has 4 nitrogen and oxygen atoms in total. The van der Waals surface area contributed by atoms with Crippen molar-refractivity contribution in [2.75, 3.05) is 13.0 Å². The lowest BCUT2D eigenvalue weighted by atomic mass is 10.2. The van der Waals surface area contributed by atoms with Crippen LogP contribution in [0.4, 0.5) is 0 Å². The topological polar surface area (TPSA) is 55.4 Å². The van der Waals surface area contributed by atoms with Crippen molar-refractivity contribution in [3.8, 4) is 0 Å². The Kier molecular flexibility index (Phi) is 5.45. The van der Waals surface area contributed by atoms with Gasteiger partial charge in [0.15, 0.2) is 0 Å². The van der Waals surface area contributed by atoms with Crippen molar-refractivity contribution in [1.29, 1.82) is 0 Å². The Labute approximate surface area is 76.2 Å². The number of esters is 1. The molecule has 1 amide bonds. The zero-order chi connectivity index (χ0) is 9.56. The fourth-order valence-electron chi connectivity index (χ4n) is 0.703. The first kappa shape index (κ1) is 11.2. The summed E-state index contributed by atoms with van der Waals surface area (Å²) in [5, 5.41) is 2.42. The quantitative estimate of drug-likeness (QED) is 0.516. The average molecular weight is 194 g/mol. The zero-order valence-electron chi connectivity index (χ0n) is 7.09. The van der Waals surface area contributed by atoms with Crippen molar-refractivity contribution in [3.05, 3.63) is 0 Å². The van der Waals surface area contributed by atoms with Crippen LogP contribution in [-0.4, -0.2) is 30.9 Å². The monoisotopic (exact) mass is 193 g/mol. The Morgan fingerprint density at radius 3 is 2.50 bits per heavy atom. The maximum atomic E-state index is 10.9. The number of ether oxygens (including phenoxy) is 1. The standard InChI is InChI=1S/C7H12ClNO3/c1-3-5(7(11)12-2)9-6(10)4-8/h5H,3-4H2,1-2H3,(H,9,10). The number of hydrogen-bond acceptors (Lipinski definition) is 3. The van der Waals surface area contributed by atoms with E-state index in [0.717, 1.165) is 0 Å². The minimum atomic E-state index is -0.582. The van der Waals surface area contributed by atoms with E-state index in [-0.39, 0.29) is 11.8 Å². The lowest BCUT2D eigenvalue weighted by Crippen LogP contribution is -2.41. The van der Waals surface area contributed by atoms with Gasteiger partial charge < -0.3 is 10.1 Å². The van der Waals surface area contributed by atoms with Crippen molar-refractivity contribution in [2.45, 2.75) is 19.4 Å². The number of rotatable bonds is 4. The van der Waals surface area contributed by atoms with E-state index < -0.39 is 12.0 Å². The number of methoxy groups -OCH3 is 1. The molecule has 0 aliphatic rings. The van der Waals surface area contributed by atoms with Gasteiger partial charge in [0, 0.05) is 0 Å². The molecule has 0 aliphatic carbocycles. The molecule has 0 fully saturated rings. The van der Waals surface area contributed by atoms with Crippen molar-refractivity contribution in [1.82, 2.24) is 5.32 Å². The number of carbonyl (C=O) groups is 2. The number of halogens is 1. The summed E-state index contributed by atoms with van der Waals surface area (Å²) in [5.74, 6) is -0.960. The molecule has 1 unspecified atom stereocenters. The van der Waals surface area contributed by atoms with Gasteiger partial charge in [-0.1, -0.05) is 6.92 Å². The predicted molar refractivity (Wildman–Crippen MR) is 45.0 cm³/mol. The van der Waals surface area contributed by atoms with Crippen LogP contribution < -0.4 is 5.32 Å². The highest BCUT2D eigenvalue weighted by Gasteiger charge is 2.18. The number of alkyl halides is 1. The van der Waals surface area contributed by atoms with Gasteiger partial charge >= 0.3 is 5.97 Å². The van der Waals surface area contributed by atoms with E-state index in [1.807, 2.05) is 0 Å². The number of nitrogens with one attached hydrogen (secondary N) is 1. The summed E-state index contributed by atoms with van der Waals surface area (Å²) in [6.45, 7) is 1.77. The van der Waals surface area contributed by atoms with E-state index in [4.69, 9.17) is 11.6 Å². The van der Waals surface area contributed by atoms with Crippen LogP contribution in [-0.2, 0) is 14.3 Å². The molecule has 0 radical (unpaired) electrons. The molecule has 0 saturated carbocycles. The first-order valence-corrected chi connectivity index (χ1v) is 4.12. The molecule has 0 bridgehead atoms. The highest BCUT2D eigenvalue weighted by atomic mass is 35.5. The number of hydrogen-bond donors (Lipinski definition) is 1. The van der Waals surface area contributed by atoms with Crippen LogP contribution >= 0.6 is 11.6 Å². The summed E-state index contributed by atoms with van der Waals surface area (Å²) >= 11 is 5.24. The molecule has 12 heavy (non-hydrogen) atoms. The third-order valence-corrected chi connectivity index (χ3v) is 1.59. The second-order valence-electron chi connectivity index (χ2n) is 2.19. The van der Waals surface area contributed by atoms with Crippen LogP contribution in [0, 0.1) is 0 Å². The first-order valence-electron chi connectivity index (χ1n) is 3.58. The lowest BCUT2D eigenvalue weighted by Gasteiger charge is -2.12. The summed E-state index contributed by atoms with van der Waals surface area (Å²) in [5.41, 5.74) is 0. The molecule has 0 heterocycles. The van der Waals surface area contributed by atoms with Gasteiger partial charge in [-0.05, 0) is 6.42 Å². The van der Waals surface area contributed by atoms with Crippen molar-refractivity contribution in [2.24, 2.45) is 0 Å². The fourth-order valence-corrected chi connectivity index (χ4v) is 0.780. The summed E-state index contributed by atoms with van der Waals surface area (Å²) in [7, 11) is 1.28. The van der Waals surface area contributed by atoms with E-state index in [9.17, 15) is 9.59 Å². The van der Waals surface area contributed by atoms with E-state index in [0.29, 0.717) is 6.42 Å². The second kappa shape index (κ2) is 5.83. The van der Waals surface area contributed by atoms with Gasteiger partial charge in [-0.3, -0.25) is 4.79 Å². The van der Waals surface area contributed by atoms with E-state index in [1.54, 1.807) is 6.92 Å². The Hall–Kier alpha value is -0.770. The van der Waals surface area contributed by atoms with Crippen molar-refractivity contribution >= 4 is 23.5 Å². The Morgan fingerprint density at radius 1 is 1.58 bits per heavy atom. The third-order valence-electron chi connectivity index (χ3n) is 1.35. The summed E-state index contributed by atoms with van der Waals surface area (Å²) in [6, 6.07) is -0.582. The Balaban J connectivity index is 3.99. The van der Waals surface area contributed by atoms with Crippen molar-refractivity contribution in [3.63, 3.8) is 0 Å². The van der Waals surface area contributed by atoms with Crippen LogP contribution in [0.3, 0.4) is 0 Å². The molecule has 0 rings (SSSR count). The van der Waals surface area contributed by atoms with Gasteiger partial charge in [-0.2, -0.15) is 0 Å². The molecule has 0 aromatic heterocycles. The minimum Gasteiger partial charge on any atom is -0.467 e. The summed E-state index contributed by atoms with van der Waals surface area (Å²) in [4.78, 5) is 21.7. The molecular weight excluding hydrogens is 182 g/mol. The second-order valence-corrected chi connectivity index (χ2v) is 2.45. The molecule has 0 aromatic rings. The Bertz CT molecular complexity index is 172. The predicted octanol–water partition coefficient (Wildman–Crippen LogP) is 0.293. The third kappa shape index (κ3) is 3.57. The van der Waals surface area contributed by atoms with Gasteiger partial charge in [-0.25, -0.2) is 4.79 Å². The molecule has 0 aliphatic heterocycles. The largest absolute Gasteiger partial charge is 0.467 e. The first-order chi connectivity index (χ1) is 5.65. The maximum Gasteiger partial charge on any atom is 0.328 e. The summed E-state index contributed by atoms with van der Waals surface area (Å²) in [6.07, 6.45) is 0.495. The molecule has 70 valence electrons. The van der Waals surface area contributed by atoms with Gasteiger partial charge in [0.2, 0.25) is 5.91 Å². The van der Waals surface area contributed by atoms with Crippen LogP contribution in [0.15, 0.2) is 0 Å². The van der Waals surface area contributed by atoms with Gasteiger partial charge in [-0.15, -0.1) is 11.6 Å². The molecule has 1 N–H and O–H groups in total. The molecule has 0 spiro atoms. The lowest BCUT2D eigenvalue weighted by molar-refractivity contribution is -0.144. The molecule has 0 saturated heterocycles. The van der Waals surface area contributed by atoms with Crippen LogP contribution in [0.5, 0.6) is 0 Å². The van der Waals surface area contributed by atoms with Gasteiger partial charge in [0.05, 0.1) is 7.11 Å². The summed E-state index contributed by atoms with van der Waals surface area (Å²) < 4.78 is 4.45. The van der Waals surface area contributed by atoms with Crippen LogP contribution in [0.1, 0.15) is 13.3 Å². The van der Waals surface area contributed by atoms with E-state index in [2.05, 4.69) is 10.1 Å². The van der Waals surface area contributed by atoms with Gasteiger partial charge in [0.25, 0.3) is 0 Å². The van der Waals surface area contributed by atoms with Crippen LogP contribution in [0.25, 0.3) is 0 Å². The highest BCUT2D eigenvalue weighted by molar-refractivity contribution is 6.27. The molecule has 1 atom stereocenters. The molecule has 5 heteroatoms. The maximum absolute atomic E-state index is 10.9. The van der Waals surface area contributed by atoms with E-state index in [1.165, 1.54) is 7.11 Å². The highest BCUT2D eigenvalue weighted by Crippen LogP contribution is 1.93. The smallest absolute Gasteiger partial charge is 0.328 e. The van der Waals surface area contributed by atoms with Crippen LogP contribution in [0.2, 0.25) is 0 Å². The van der Waals surface area contributed by atoms with Gasteiger partial charge in [0.1, 0.15) is 11.9 Å². The van der Waals surface area contributed by atoms with E-state index >= 15 is 0 Å². The molecule has 0 aromatic carbocycles. The normalized spacial score (nSPS) is 11.9. The SMILES string of the molecule is CCC(NC(=O)CCl)C(=O)OC. The zero-order valence-corrected chi connectivity index (χ0v) is 7.85. The fraction of sp³-hybridized carbons (Fsp3) is 0.714. The number of carbonyl (C=O) groups excluding carboxylic acids is 2. The Morgan fingerprint density at radius 2 is 2.17 bits per heavy atom.